The summed E-state index contributed by atoms with van der Waals surface area (Å²) in [6.07, 6.45) is 6.10. The first-order valence-electron chi connectivity index (χ1n) is 6.99. The summed E-state index contributed by atoms with van der Waals surface area (Å²) in [5, 5.41) is 12.3. The number of nitrogens with one attached hydrogen (secondary N) is 1. The number of aromatic nitrogens is 2. The molecule has 2 rings (SSSR count). The average Bonchev–Trinajstić information content (AvgIpc) is 2.46. The Balaban J connectivity index is 2.09. The van der Waals surface area contributed by atoms with Crippen molar-refractivity contribution >= 4 is 11.8 Å². The summed E-state index contributed by atoms with van der Waals surface area (Å²) in [6.45, 7) is 2.45. The van der Waals surface area contributed by atoms with Crippen LogP contribution in [0.15, 0.2) is 12.3 Å². The van der Waals surface area contributed by atoms with Crippen LogP contribution in [0.5, 0.6) is 0 Å². The molecule has 2 heterocycles. The fourth-order valence-electron chi connectivity index (χ4n) is 2.53. The predicted molar refractivity (Wildman–Crippen MR) is 76.3 cm³/mol. The molecule has 1 saturated heterocycles. The Morgan fingerprint density at radius 2 is 2.37 bits per heavy atom. The molecule has 106 valence electrons. The van der Waals surface area contributed by atoms with Gasteiger partial charge in [0.1, 0.15) is 5.82 Å². The van der Waals surface area contributed by atoms with Gasteiger partial charge in [0.2, 0.25) is 5.95 Å². The number of nitrogens with two attached hydrogens (primary N) is 1. The molecular weight excluding hydrogens is 242 g/mol. The van der Waals surface area contributed by atoms with E-state index in [0.29, 0.717) is 25.1 Å². The van der Waals surface area contributed by atoms with Crippen molar-refractivity contribution in [1.82, 2.24) is 9.97 Å². The van der Waals surface area contributed by atoms with Gasteiger partial charge >= 0.3 is 0 Å². The first-order chi connectivity index (χ1) is 9.35. The highest BCUT2D eigenvalue weighted by molar-refractivity contribution is 5.44. The van der Waals surface area contributed by atoms with E-state index in [2.05, 4.69) is 20.2 Å². The Morgan fingerprint density at radius 1 is 1.47 bits per heavy atom. The molecule has 6 heteroatoms. The molecule has 0 saturated carbocycles. The quantitative estimate of drug-likeness (QED) is 0.698. The predicted octanol–water partition coefficient (Wildman–Crippen LogP) is 0.588. The summed E-state index contributed by atoms with van der Waals surface area (Å²) in [4.78, 5) is 11.0. The number of aliphatic hydroxyl groups is 1. The second kappa shape index (κ2) is 7.25. The smallest absolute Gasteiger partial charge is 0.224 e. The van der Waals surface area contributed by atoms with E-state index in [0.717, 1.165) is 25.2 Å². The lowest BCUT2D eigenvalue weighted by atomic mass is 10.00. The maximum Gasteiger partial charge on any atom is 0.224 e. The summed E-state index contributed by atoms with van der Waals surface area (Å²) in [6, 6.07) is 2.32. The molecule has 4 N–H and O–H groups in total. The molecular formula is C13H23N5O. The number of hydrogen-bond acceptors (Lipinski definition) is 6. The number of aliphatic hydroxyl groups excluding tert-OH is 1. The fraction of sp³-hybridized carbons (Fsp3) is 0.692. The molecule has 0 aliphatic carbocycles. The van der Waals surface area contributed by atoms with Gasteiger partial charge in [-0.3, -0.25) is 0 Å². The first kappa shape index (κ1) is 14.0. The summed E-state index contributed by atoms with van der Waals surface area (Å²) >= 11 is 0. The normalized spacial score (nSPS) is 19.5. The van der Waals surface area contributed by atoms with Gasteiger partial charge in [-0.15, -0.1) is 0 Å². The van der Waals surface area contributed by atoms with Gasteiger partial charge in [0.15, 0.2) is 0 Å². The van der Waals surface area contributed by atoms with Crippen molar-refractivity contribution in [3.05, 3.63) is 12.3 Å². The van der Waals surface area contributed by atoms with Crippen LogP contribution in [-0.2, 0) is 0 Å². The van der Waals surface area contributed by atoms with E-state index in [1.165, 1.54) is 12.8 Å². The van der Waals surface area contributed by atoms with E-state index in [1.807, 2.05) is 6.07 Å². The van der Waals surface area contributed by atoms with Gasteiger partial charge in [0.25, 0.3) is 0 Å². The summed E-state index contributed by atoms with van der Waals surface area (Å²) in [7, 11) is 0. The van der Waals surface area contributed by atoms with Gasteiger partial charge in [-0.25, -0.2) is 4.98 Å². The molecule has 0 spiro atoms. The van der Waals surface area contributed by atoms with E-state index in [1.54, 1.807) is 6.20 Å². The lowest BCUT2D eigenvalue weighted by Gasteiger charge is -2.36. The molecule has 1 aliphatic heterocycles. The molecule has 1 atom stereocenters. The van der Waals surface area contributed by atoms with Crippen molar-refractivity contribution in [3.8, 4) is 0 Å². The second-order valence-corrected chi connectivity index (χ2v) is 4.81. The number of anilines is 2. The van der Waals surface area contributed by atoms with Crippen LogP contribution >= 0.6 is 0 Å². The zero-order chi connectivity index (χ0) is 13.5. The molecule has 0 radical (unpaired) electrons. The van der Waals surface area contributed by atoms with Gasteiger partial charge < -0.3 is 21.1 Å². The first-order valence-corrected chi connectivity index (χ1v) is 6.99. The van der Waals surface area contributed by atoms with Gasteiger partial charge in [0.05, 0.1) is 0 Å². The van der Waals surface area contributed by atoms with Crippen LogP contribution < -0.4 is 16.0 Å². The standard InChI is InChI=1S/C13H23N5O/c14-6-8-16-13-15-7-4-12(17-13)18-9-2-1-3-11(18)5-10-19/h4,7,11,19H,1-3,5-6,8-10,14H2,(H,15,16,17). The van der Waals surface area contributed by atoms with Crippen LogP contribution in [0.25, 0.3) is 0 Å². The van der Waals surface area contributed by atoms with Crippen molar-refractivity contribution in [3.63, 3.8) is 0 Å². The molecule has 19 heavy (non-hydrogen) atoms. The molecule has 1 unspecified atom stereocenters. The minimum Gasteiger partial charge on any atom is -0.396 e. The maximum absolute atomic E-state index is 9.17. The van der Waals surface area contributed by atoms with E-state index in [9.17, 15) is 0 Å². The maximum atomic E-state index is 9.17. The van der Waals surface area contributed by atoms with E-state index >= 15 is 0 Å². The topological polar surface area (TPSA) is 87.3 Å². The summed E-state index contributed by atoms with van der Waals surface area (Å²) in [5.74, 6) is 1.56. The summed E-state index contributed by atoms with van der Waals surface area (Å²) < 4.78 is 0. The minimum absolute atomic E-state index is 0.227. The van der Waals surface area contributed by atoms with Gasteiger partial charge in [-0.2, -0.15) is 4.98 Å². The van der Waals surface area contributed by atoms with Crippen LogP contribution in [0.2, 0.25) is 0 Å². The molecule has 1 fully saturated rings. The Hall–Kier alpha value is -1.40. The van der Waals surface area contributed by atoms with Crippen LogP contribution in [-0.4, -0.2) is 47.4 Å². The van der Waals surface area contributed by atoms with Gasteiger partial charge in [0, 0.05) is 38.5 Å². The third-order valence-electron chi connectivity index (χ3n) is 3.45. The number of hydrogen-bond donors (Lipinski definition) is 3. The minimum atomic E-state index is 0.227. The monoisotopic (exact) mass is 265 g/mol. The Labute approximate surface area is 114 Å². The molecule has 0 amide bonds. The van der Waals surface area contributed by atoms with Crippen molar-refractivity contribution in [2.75, 3.05) is 36.5 Å². The van der Waals surface area contributed by atoms with Crippen molar-refractivity contribution < 1.29 is 5.11 Å². The highest BCUT2D eigenvalue weighted by Gasteiger charge is 2.23. The Morgan fingerprint density at radius 3 is 3.16 bits per heavy atom. The SMILES string of the molecule is NCCNc1nccc(N2CCCCC2CCO)n1. The number of piperidine rings is 1. The van der Waals surface area contributed by atoms with Crippen LogP contribution in [0.1, 0.15) is 25.7 Å². The lowest BCUT2D eigenvalue weighted by Crippen LogP contribution is -2.40. The Kier molecular flexibility index (Phi) is 5.35. The molecule has 1 aromatic heterocycles. The zero-order valence-corrected chi connectivity index (χ0v) is 11.3. The van der Waals surface area contributed by atoms with E-state index in [4.69, 9.17) is 10.8 Å². The largest absolute Gasteiger partial charge is 0.396 e. The van der Waals surface area contributed by atoms with Crippen molar-refractivity contribution in [2.45, 2.75) is 31.7 Å². The van der Waals surface area contributed by atoms with Gasteiger partial charge in [-0.1, -0.05) is 0 Å². The van der Waals surface area contributed by atoms with Crippen molar-refractivity contribution in [2.24, 2.45) is 5.73 Å². The summed E-state index contributed by atoms with van der Waals surface area (Å²) in [5.41, 5.74) is 5.46. The van der Waals surface area contributed by atoms with E-state index < -0.39 is 0 Å². The second-order valence-electron chi connectivity index (χ2n) is 4.81. The molecule has 1 aromatic rings. The van der Waals surface area contributed by atoms with Crippen molar-refractivity contribution in [1.29, 1.82) is 0 Å². The van der Waals surface area contributed by atoms with Crippen LogP contribution in [0.4, 0.5) is 11.8 Å². The van der Waals surface area contributed by atoms with Crippen LogP contribution in [0, 0.1) is 0 Å². The van der Waals surface area contributed by atoms with E-state index in [-0.39, 0.29) is 6.61 Å². The highest BCUT2D eigenvalue weighted by atomic mass is 16.3. The van der Waals surface area contributed by atoms with Gasteiger partial charge in [-0.05, 0) is 31.7 Å². The number of nitrogens with zero attached hydrogens (tertiary/aromatic N) is 3. The molecule has 0 bridgehead atoms. The molecule has 6 nitrogen and oxygen atoms in total. The third kappa shape index (κ3) is 3.78. The fourth-order valence-corrected chi connectivity index (χ4v) is 2.53. The highest BCUT2D eigenvalue weighted by Crippen LogP contribution is 2.25. The Bertz CT molecular complexity index is 385. The molecule has 0 aromatic carbocycles. The average molecular weight is 265 g/mol. The lowest BCUT2D eigenvalue weighted by molar-refractivity contribution is 0.262. The van der Waals surface area contributed by atoms with Crippen LogP contribution in [0.3, 0.4) is 0 Å². The molecule has 1 aliphatic rings. The third-order valence-corrected chi connectivity index (χ3v) is 3.45. The number of rotatable bonds is 6. The zero-order valence-electron chi connectivity index (χ0n) is 11.3.